The summed E-state index contributed by atoms with van der Waals surface area (Å²) in [4.78, 5) is 223. The molecule has 12 amide bonds. The maximum Gasteiger partial charge on any atom is 0.326 e. The van der Waals surface area contributed by atoms with Gasteiger partial charge in [0.15, 0.2) is 5.96 Å². The number of carboxylic acid groups (broad SMARTS) is 3. The highest BCUT2D eigenvalue weighted by Gasteiger charge is 2.45. The Kier molecular flexibility index (Phi) is 31.6. The Morgan fingerprint density at radius 1 is 0.655 bits per heavy atom. The van der Waals surface area contributed by atoms with E-state index in [0.29, 0.717) is 34.9 Å². The molecular formula is C71H93N19O18S2. The van der Waals surface area contributed by atoms with Gasteiger partial charge in [0, 0.05) is 87.0 Å². The summed E-state index contributed by atoms with van der Waals surface area (Å²) in [6.45, 7) is 0.461. The van der Waals surface area contributed by atoms with Crippen LogP contribution in [0.1, 0.15) is 101 Å². The first-order valence-electron chi connectivity index (χ1n) is 35.9. The van der Waals surface area contributed by atoms with Crippen LogP contribution in [0.25, 0.3) is 21.7 Å². The second-order valence-electron chi connectivity index (χ2n) is 26.8. The van der Waals surface area contributed by atoms with Crippen molar-refractivity contribution < 1.29 is 87.2 Å². The van der Waals surface area contributed by atoms with E-state index < -0.39 is 187 Å². The van der Waals surface area contributed by atoms with Gasteiger partial charge < -0.3 is 105 Å². The van der Waals surface area contributed by atoms with E-state index in [1.807, 2.05) is 18.2 Å². The molecule has 2 aromatic heterocycles. The van der Waals surface area contributed by atoms with Crippen LogP contribution in [-0.2, 0) is 91.2 Å². The van der Waals surface area contributed by atoms with Gasteiger partial charge in [0.05, 0.1) is 25.0 Å². The molecule has 21 N–H and O–H groups in total. The van der Waals surface area contributed by atoms with Gasteiger partial charge in [0.25, 0.3) is 0 Å². The quantitative estimate of drug-likeness (QED) is 0.0114. The largest absolute Gasteiger partial charge is 0.481 e. The van der Waals surface area contributed by atoms with Crippen molar-refractivity contribution in [2.75, 3.05) is 44.2 Å². The molecule has 0 spiro atoms. The molecule has 37 nitrogen and oxygen atoms in total. The highest BCUT2D eigenvalue weighted by atomic mass is 33.1. The van der Waals surface area contributed by atoms with Crippen molar-refractivity contribution in [3.8, 4) is 0 Å². The SMILES string of the molecule is CC(=O)N[C@H]1CSSC[C@@H](C(=O)N2CCC[C@H]2C(=O)N2CCC[C@H]2C(=O)N[C@@H](CCCCN)C(=O)N[C@@H](CC(=O)O)C(=O)O)NC(=O)CNC(=O)[C@H](Cc2c[nH]c3ccccc23)NC(=O)[C@H](CCCNC(=N)N)NC(=O)[C@@H](Cc2ccc3ccccc3c2)NC(=O)[C@H](Cc2c[nH]cn2)NC(=O)[C@H](CCC(=O)O)NC1=O. The predicted molar refractivity (Wildman–Crippen MR) is 401 cm³/mol. The zero-order chi connectivity index (χ0) is 79.6. The molecule has 592 valence electrons. The number of nitrogens with two attached hydrogens (primary N) is 2. The van der Waals surface area contributed by atoms with Crippen molar-refractivity contribution in [1.29, 1.82) is 5.41 Å². The number of para-hydroxylation sites is 1. The lowest BCUT2D eigenvalue weighted by Crippen LogP contribution is -2.61. The molecule has 39 heteroatoms. The number of carbonyl (C=O) groups excluding carboxylic acids is 12. The lowest BCUT2D eigenvalue weighted by molar-refractivity contribution is -0.148. The number of carbonyl (C=O) groups is 15. The number of hydrogen-bond donors (Lipinski definition) is 19. The van der Waals surface area contributed by atoms with Crippen molar-refractivity contribution in [2.24, 2.45) is 11.5 Å². The normalized spacial score (nSPS) is 22.2. The summed E-state index contributed by atoms with van der Waals surface area (Å²) in [5.41, 5.74) is 13.3. The van der Waals surface area contributed by atoms with Crippen molar-refractivity contribution >= 4 is 138 Å². The third kappa shape index (κ3) is 24.8. The summed E-state index contributed by atoms with van der Waals surface area (Å²) >= 11 is 0. The molecule has 0 aliphatic carbocycles. The number of likely N-dealkylation sites (tertiary alicyclic amines) is 2. The van der Waals surface area contributed by atoms with Crippen LogP contribution in [0.15, 0.2) is 85.5 Å². The van der Waals surface area contributed by atoms with Gasteiger partial charge in [-0.05, 0) is 98.7 Å². The molecule has 0 radical (unpaired) electrons. The number of amides is 12. The van der Waals surface area contributed by atoms with Crippen LogP contribution in [0.3, 0.4) is 0 Å². The van der Waals surface area contributed by atoms with E-state index in [-0.39, 0.29) is 108 Å². The number of fused-ring (bicyclic) bond motifs is 2. The molecule has 0 saturated carbocycles. The summed E-state index contributed by atoms with van der Waals surface area (Å²) in [7, 11) is 1.82. The topological polar surface area (TPSA) is 576 Å². The first-order valence-corrected chi connectivity index (χ1v) is 38.4. The number of H-pyrrole nitrogens is 2. The number of aliphatic carboxylic acids is 3. The van der Waals surface area contributed by atoms with Crippen LogP contribution in [0.4, 0.5) is 0 Å². The number of benzene rings is 3. The fraction of sp³-hybridized carbons (Fsp3) is 0.479. The highest BCUT2D eigenvalue weighted by molar-refractivity contribution is 8.76. The number of aromatic nitrogens is 3. The number of nitrogens with zero attached hydrogens (tertiary/aromatic N) is 3. The molecule has 3 aliphatic rings. The number of nitrogens with one attached hydrogen (secondary N) is 14. The Labute approximate surface area is 638 Å². The molecule has 11 atom stereocenters. The fourth-order valence-corrected chi connectivity index (χ4v) is 15.4. The maximum absolute atomic E-state index is 15.2. The Hall–Kier alpha value is -11.4. The van der Waals surface area contributed by atoms with Gasteiger partial charge in [0.2, 0.25) is 70.9 Å². The molecule has 3 aliphatic heterocycles. The van der Waals surface area contributed by atoms with Crippen molar-refractivity contribution in [3.05, 3.63) is 102 Å². The summed E-state index contributed by atoms with van der Waals surface area (Å²) in [6, 6.07) is 3.05. The van der Waals surface area contributed by atoms with Gasteiger partial charge in [-0.1, -0.05) is 82.3 Å². The zero-order valence-corrected chi connectivity index (χ0v) is 61.9. The fourth-order valence-electron chi connectivity index (χ4n) is 13.1. The number of guanidine groups is 1. The molecule has 3 aromatic carbocycles. The van der Waals surface area contributed by atoms with Crippen LogP contribution < -0.4 is 70.0 Å². The highest BCUT2D eigenvalue weighted by Crippen LogP contribution is 2.29. The van der Waals surface area contributed by atoms with Crippen LogP contribution in [0.2, 0.25) is 0 Å². The van der Waals surface area contributed by atoms with Crippen molar-refractivity contribution in [2.45, 2.75) is 170 Å². The Balaban J connectivity index is 1.13. The summed E-state index contributed by atoms with van der Waals surface area (Å²) < 4.78 is 0. The zero-order valence-electron chi connectivity index (χ0n) is 60.3. The van der Waals surface area contributed by atoms with Crippen LogP contribution in [0, 0.1) is 5.41 Å². The van der Waals surface area contributed by atoms with E-state index >= 15 is 19.2 Å². The van der Waals surface area contributed by atoms with Crippen LogP contribution in [-0.4, -0.2) is 246 Å². The van der Waals surface area contributed by atoms with Gasteiger partial charge >= 0.3 is 17.9 Å². The molecule has 5 aromatic rings. The number of unbranched alkanes of at least 4 members (excludes halogenated alkanes) is 1. The van der Waals surface area contributed by atoms with Gasteiger partial charge in [-0.25, -0.2) is 9.78 Å². The number of aromatic amines is 2. The lowest BCUT2D eigenvalue weighted by Gasteiger charge is -2.33. The average Bonchev–Trinajstić information content (AvgIpc) is 1.61. The van der Waals surface area contributed by atoms with Crippen LogP contribution >= 0.6 is 21.6 Å². The standard InChI is InChI=1S/C71H93N19O18S2/c1-38(91)80-53-35-109-110-36-54(68(105)90-26-10-18-56(90)69(106)89-25-9-17-55(89)67(104)84-46(15-6-7-23-72)62(99)88-52(70(107)108)31-59(95)96)81-57(92)34-78-60(97)50(29-42-32-77-45-14-5-4-13-44(42)45)86-61(98)47(16-8-24-76-71(73)74)82-64(101)49(28-39-19-20-40-11-2-3-12-41(40)27-39)85-65(102)51(30-43-33-75-37-79-43)87-63(100)48(83-66(53)103)21-22-58(93)94/h2-5,11-14,19-20,27,32-33,37,46-56,77H,6-10,15-18,21-26,28-31,34-36,72H2,1H3,(H,75,79)(H,78,97)(H,80,91)(H,81,92)(H,82,101)(H,83,103)(H,84,104)(H,85,102)(H,86,98)(H,87,100)(H,88,99)(H,93,94)(H,95,96)(H,107,108)(H4,73,74,76)/t46-,47-,48-,49+,50-,51-,52-,53-,54-,55-,56-/m0/s1. The molecule has 3 fully saturated rings. The second-order valence-corrected chi connectivity index (χ2v) is 29.4. The summed E-state index contributed by atoms with van der Waals surface area (Å²) in [5, 5.41) is 67.5. The smallest absolute Gasteiger partial charge is 0.326 e. The van der Waals surface area contributed by atoms with E-state index in [4.69, 9.17) is 16.9 Å². The Bertz CT molecular complexity index is 4180. The minimum atomic E-state index is -1.85. The van der Waals surface area contributed by atoms with E-state index in [2.05, 4.69) is 73.4 Å². The number of hydrogen-bond acceptors (Lipinski definition) is 20. The molecule has 110 heavy (non-hydrogen) atoms. The molecule has 8 rings (SSSR count). The molecule has 5 heterocycles. The van der Waals surface area contributed by atoms with E-state index in [9.17, 15) is 68.1 Å². The van der Waals surface area contributed by atoms with Gasteiger partial charge in [-0.2, -0.15) is 0 Å². The van der Waals surface area contributed by atoms with E-state index in [1.165, 1.54) is 22.3 Å². The first kappa shape index (κ1) is 84.3. The van der Waals surface area contributed by atoms with Crippen molar-refractivity contribution in [1.82, 2.24) is 83.2 Å². The van der Waals surface area contributed by atoms with Crippen LogP contribution in [0.5, 0.6) is 0 Å². The molecular weight excluding hydrogens is 1470 g/mol. The number of carboxylic acids is 3. The first-order chi connectivity index (χ1) is 52.7. The number of imidazole rings is 1. The maximum atomic E-state index is 15.2. The summed E-state index contributed by atoms with van der Waals surface area (Å²) in [6.07, 6.45) is 2.58. The third-order valence-electron chi connectivity index (χ3n) is 18.7. The minimum Gasteiger partial charge on any atom is -0.481 e. The lowest BCUT2D eigenvalue weighted by atomic mass is 9.99. The third-order valence-corrected chi connectivity index (χ3v) is 21.1. The van der Waals surface area contributed by atoms with Crippen molar-refractivity contribution in [3.63, 3.8) is 0 Å². The van der Waals surface area contributed by atoms with Gasteiger partial charge in [-0.3, -0.25) is 72.5 Å². The molecule has 0 unspecified atom stereocenters. The monoisotopic (exact) mass is 1560 g/mol. The summed E-state index contributed by atoms with van der Waals surface area (Å²) in [5.74, 6) is -16.4. The molecule has 3 saturated heterocycles. The average molecular weight is 1560 g/mol. The minimum absolute atomic E-state index is 0.0182. The Morgan fingerprint density at radius 2 is 1.28 bits per heavy atom. The second kappa shape index (κ2) is 41.3. The van der Waals surface area contributed by atoms with Gasteiger partial charge in [0.1, 0.15) is 66.5 Å². The predicted octanol–water partition coefficient (Wildman–Crippen LogP) is -2.24. The Morgan fingerprint density at radius 3 is 1.95 bits per heavy atom. The number of rotatable bonds is 27. The molecule has 0 bridgehead atoms. The van der Waals surface area contributed by atoms with E-state index in [0.717, 1.165) is 39.3 Å². The van der Waals surface area contributed by atoms with Gasteiger partial charge in [-0.15, -0.1) is 0 Å². The van der Waals surface area contributed by atoms with E-state index in [1.54, 1.807) is 54.7 Å².